The zero-order valence-electron chi connectivity index (χ0n) is 14.2. The normalized spacial score (nSPS) is 10.6. The molecule has 0 bridgehead atoms. The van der Waals surface area contributed by atoms with Gasteiger partial charge in [-0.25, -0.2) is 9.67 Å². The van der Waals surface area contributed by atoms with Crippen molar-refractivity contribution < 1.29 is 9.59 Å². The molecule has 0 saturated heterocycles. The molecule has 1 aromatic carbocycles. The van der Waals surface area contributed by atoms with Crippen molar-refractivity contribution in [1.82, 2.24) is 20.1 Å². The summed E-state index contributed by atoms with van der Waals surface area (Å²) in [5.74, 6) is -0.607. The van der Waals surface area contributed by atoms with E-state index in [2.05, 4.69) is 15.4 Å². The van der Waals surface area contributed by atoms with E-state index in [1.165, 1.54) is 4.68 Å². The highest BCUT2D eigenvalue weighted by Gasteiger charge is 2.18. The highest BCUT2D eigenvalue weighted by Crippen LogP contribution is 2.27. The van der Waals surface area contributed by atoms with Crippen LogP contribution in [-0.2, 0) is 0 Å². The van der Waals surface area contributed by atoms with Crippen LogP contribution in [0.2, 0.25) is 5.02 Å². The Kier molecular flexibility index (Phi) is 4.73. The van der Waals surface area contributed by atoms with Gasteiger partial charge in [0.2, 0.25) is 0 Å². The zero-order chi connectivity index (χ0) is 18.8. The highest BCUT2D eigenvalue weighted by molar-refractivity contribution is 6.32. The Morgan fingerprint density at radius 1 is 1.19 bits per heavy atom. The molecule has 7 nitrogen and oxygen atoms in total. The Labute approximate surface area is 154 Å². The molecule has 0 unspecified atom stereocenters. The second-order valence-corrected chi connectivity index (χ2v) is 5.98. The Morgan fingerprint density at radius 3 is 2.62 bits per heavy atom. The molecule has 0 saturated carbocycles. The summed E-state index contributed by atoms with van der Waals surface area (Å²) in [7, 11) is 1.56. The SMILES string of the molecule is CNC(=O)c1ccccc1-c1ccc(Cl)c(-n2nc(C)cc2C(N)=O)n1. The second-order valence-electron chi connectivity index (χ2n) is 5.57. The van der Waals surface area contributed by atoms with Gasteiger partial charge in [-0.3, -0.25) is 9.59 Å². The number of amides is 2. The maximum absolute atomic E-state index is 12.1. The number of rotatable bonds is 4. The van der Waals surface area contributed by atoms with Gasteiger partial charge in [0.15, 0.2) is 5.82 Å². The highest BCUT2D eigenvalue weighted by atomic mass is 35.5. The Hall–Kier alpha value is -3.19. The van der Waals surface area contributed by atoms with Crippen LogP contribution in [0.15, 0.2) is 42.5 Å². The standard InChI is InChI=1S/C18H16ClN5O2/c1-10-9-15(16(20)25)24(23-10)17-13(19)7-8-14(22-17)11-5-3-4-6-12(11)18(26)21-2/h3-9H,1-2H3,(H2,20,25)(H,21,26). The van der Waals surface area contributed by atoms with E-state index < -0.39 is 5.91 Å². The number of carbonyl (C=O) groups excluding carboxylic acids is 2. The molecule has 0 atom stereocenters. The minimum Gasteiger partial charge on any atom is -0.364 e. The van der Waals surface area contributed by atoms with Crippen LogP contribution >= 0.6 is 11.6 Å². The third-order valence-corrected chi connectivity index (χ3v) is 4.08. The molecule has 26 heavy (non-hydrogen) atoms. The molecule has 132 valence electrons. The first kappa shape index (κ1) is 17.6. The van der Waals surface area contributed by atoms with Crippen LogP contribution in [0, 0.1) is 6.92 Å². The summed E-state index contributed by atoms with van der Waals surface area (Å²) >= 11 is 6.28. The van der Waals surface area contributed by atoms with Crippen molar-refractivity contribution in [2.75, 3.05) is 7.05 Å². The van der Waals surface area contributed by atoms with Gasteiger partial charge in [-0.2, -0.15) is 5.10 Å². The fourth-order valence-electron chi connectivity index (χ4n) is 2.61. The fraction of sp³-hybridized carbons (Fsp3) is 0.111. The Morgan fingerprint density at radius 2 is 1.92 bits per heavy atom. The van der Waals surface area contributed by atoms with Gasteiger partial charge >= 0.3 is 0 Å². The molecule has 0 aliphatic carbocycles. The maximum Gasteiger partial charge on any atom is 0.267 e. The molecule has 3 N–H and O–H groups in total. The van der Waals surface area contributed by atoms with E-state index in [0.717, 1.165) is 0 Å². The van der Waals surface area contributed by atoms with Crippen LogP contribution in [0.3, 0.4) is 0 Å². The molecule has 0 aliphatic rings. The van der Waals surface area contributed by atoms with Gasteiger partial charge in [0.05, 0.1) is 16.4 Å². The van der Waals surface area contributed by atoms with Gasteiger partial charge in [0.25, 0.3) is 11.8 Å². The number of pyridine rings is 1. The molecule has 0 fully saturated rings. The quantitative estimate of drug-likeness (QED) is 0.736. The number of carbonyl (C=O) groups is 2. The minimum atomic E-state index is -0.639. The molecule has 8 heteroatoms. The van der Waals surface area contributed by atoms with E-state index in [0.29, 0.717) is 27.5 Å². The van der Waals surface area contributed by atoms with Crippen LogP contribution in [0.1, 0.15) is 26.5 Å². The number of aryl methyl sites for hydroxylation is 1. The van der Waals surface area contributed by atoms with Crippen LogP contribution < -0.4 is 11.1 Å². The number of nitrogens with zero attached hydrogens (tertiary/aromatic N) is 3. The predicted octanol–water partition coefficient (Wildman–Crippen LogP) is 2.35. The van der Waals surface area contributed by atoms with E-state index in [4.69, 9.17) is 17.3 Å². The topological polar surface area (TPSA) is 103 Å². The van der Waals surface area contributed by atoms with E-state index in [1.54, 1.807) is 50.4 Å². The van der Waals surface area contributed by atoms with Gasteiger partial charge in [-0.15, -0.1) is 0 Å². The number of aromatic nitrogens is 3. The van der Waals surface area contributed by atoms with Crippen molar-refractivity contribution in [1.29, 1.82) is 0 Å². The van der Waals surface area contributed by atoms with Gasteiger partial charge < -0.3 is 11.1 Å². The van der Waals surface area contributed by atoms with Gasteiger partial charge in [0.1, 0.15) is 5.69 Å². The molecule has 3 aromatic rings. The van der Waals surface area contributed by atoms with Crippen molar-refractivity contribution in [3.8, 4) is 17.1 Å². The molecular formula is C18H16ClN5O2. The number of primary amides is 1. The lowest BCUT2D eigenvalue weighted by atomic mass is 10.0. The number of benzene rings is 1. The lowest BCUT2D eigenvalue weighted by Crippen LogP contribution is -2.19. The summed E-state index contributed by atoms with van der Waals surface area (Å²) in [4.78, 5) is 28.4. The molecular weight excluding hydrogens is 354 g/mol. The average molecular weight is 370 g/mol. The van der Waals surface area contributed by atoms with Crippen LogP contribution in [-0.4, -0.2) is 33.6 Å². The summed E-state index contributed by atoms with van der Waals surface area (Å²) in [5.41, 5.74) is 7.83. The number of nitrogens with one attached hydrogen (secondary N) is 1. The predicted molar refractivity (Wildman–Crippen MR) is 98.5 cm³/mol. The van der Waals surface area contributed by atoms with Crippen molar-refractivity contribution in [3.63, 3.8) is 0 Å². The first-order valence-electron chi connectivity index (χ1n) is 7.77. The molecule has 0 radical (unpaired) electrons. The summed E-state index contributed by atoms with van der Waals surface area (Å²) in [6, 6.07) is 12.0. The fourth-order valence-corrected chi connectivity index (χ4v) is 2.79. The number of halogens is 1. The summed E-state index contributed by atoms with van der Waals surface area (Å²) in [5, 5.41) is 7.17. The van der Waals surface area contributed by atoms with Crippen molar-refractivity contribution in [2.45, 2.75) is 6.92 Å². The van der Waals surface area contributed by atoms with Crippen LogP contribution in [0.5, 0.6) is 0 Å². The molecule has 3 rings (SSSR count). The lowest BCUT2D eigenvalue weighted by molar-refractivity contribution is 0.0961. The first-order valence-corrected chi connectivity index (χ1v) is 8.15. The molecule has 0 spiro atoms. The Balaban J connectivity index is 2.20. The van der Waals surface area contributed by atoms with Crippen molar-refractivity contribution in [2.24, 2.45) is 5.73 Å². The third kappa shape index (κ3) is 3.16. The van der Waals surface area contributed by atoms with E-state index in [1.807, 2.05) is 6.07 Å². The summed E-state index contributed by atoms with van der Waals surface area (Å²) < 4.78 is 1.31. The van der Waals surface area contributed by atoms with Crippen LogP contribution in [0.25, 0.3) is 17.1 Å². The van der Waals surface area contributed by atoms with Gasteiger partial charge in [-0.1, -0.05) is 29.8 Å². The lowest BCUT2D eigenvalue weighted by Gasteiger charge is -2.11. The first-order chi connectivity index (χ1) is 12.4. The van der Waals surface area contributed by atoms with Crippen molar-refractivity contribution in [3.05, 3.63) is 64.4 Å². The molecule has 2 heterocycles. The number of hydrogen-bond donors (Lipinski definition) is 2. The molecule has 0 aliphatic heterocycles. The monoisotopic (exact) mass is 369 g/mol. The largest absolute Gasteiger partial charge is 0.364 e. The second kappa shape index (κ2) is 6.97. The number of hydrogen-bond acceptors (Lipinski definition) is 4. The Bertz CT molecular complexity index is 1010. The zero-order valence-corrected chi connectivity index (χ0v) is 14.9. The smallest absolute Gasteiger partial charge is 0.267 e. The molecule has 2 aromatic heterocycles. The van der Waals surface area contributed by atoms with Gasteiger partial charge in [-0.05, 0) is 31.2 Å². The third-order valence-electron chi connectivity index (χ3n) is 3.79. The average Bonchev–Trinajstić information content (AvgIpc) is 3.03. The summed E-state index contributed by atoms with van der Waals surface area (Å²) in [6.07, 6.45) is 0. The maximum atomic E-state index is 12.1. The van der Waals surface area contributed by atoms with Crippen LogP contribution in [0.4, 0.5) is 0 Å². The van der Waals surface area contributed by atoms with Crippen molar-refractivity contribution >= 4 is 23.4 Å². The minimum absolute atomic E-state index is 0.175. The van der Waals surface area contributed by atoms with E-state index in [-0.39, 0.29) is 17.4 Å². The van der Waals surface area contributed by atoms with Gasteiger partial charge in [0, 0.05) is 18.2 Å². The van der Waals surface area contributed by atoms with E-state index in [9.17, 15) is 9.59 Å². The number of nitrogens with two attached hydrogens (primary N) is 1. The van der Waals surface area contributed by atoms with E-state index >= 15 is 0 Å². The molecule has 2 amide bonds. The summed E-state index contributed by atoms with van der Waals surface area (Å²) in [6.45, 7) is 1.74.